The number of alkyl halides is 1. The third kappa shape index (κ3) is 2.07. The van der Waals surface area contributed by atoms with Crippen LogP contribution in [0.25, 0.3) is 10.4 Å². The molecule has 0 spiro atoms. The van der Waals surface area contributed by atoms with Crippen molar-refractivity contribution in [1.29, 1.82) is 0 Å². The molecule has 0 unspecified atom stereocenters. The molecule has 0 saturated heterocycles. The molecule has 1 aliphatic rings. The Morgan fingerprint density at radius 1 is 1.73 bits per heavy atom. The average Bonchev–Trinajstić information content (AvgIpc) is 1.97. The number of halogens is 1. The first-order chi connectivity index (χ1) is 5.25. The van der Waals surface area contributed by atoms with E-state index < -0.39 is 6.04 Å². The first-order valence-electron chi connectivity index (χ1n) is 3.46. The van der Waals surface area contributed by atoms with Crippen molar-refractivity contribution in [3.63, 3.8) is 0 Å². The van der Waals surface area contributed by atoms with Gasteiger partial charge in [0.15, 0.2) is 0 Å². The zero-order valence-corrected chi connectivity index (χ0v) is 8.06. The molecule has 1 fully saturated rings. The number of hydrogen-bond donors (Lipinski definition) is 0. The summed E-state index contributed by atoms with van der Waals surface area (Å²) in [6.45, 7) is 0. The van der Waals surface area contributed by atoms with Crippen molar-refractivity contribution < 1.29 is 4.79 Å². The molecule has 0 aliphatic heterocycles. The molecule has 0 aromatic carbocycles. The van der Waals surface area contributed by atoms with Gasteiger partial charge in [-0.25, -0.2) is 0 Å². The molecule has 11 heavy (non-hydrogen) atoms. The van der Waals surface area contributed by atoms with Gasteiger partial charge in [0.25, 0.3) is 0 Å². The summed E-state index contributed by atoms with van der Waals surface area (Å²) in [5.74, 6) is 0.0912. The first-order valence-corrected chi connectivity index (χ1v) is 4.71. The Labute approximate surface area is 78.1 Å². The van der Waals surface area contributed by atoms with Crippen LogP contribution in [-0.4, -0.2) is 15.7 Å². The van der Waals surface area contributed by atoms with Crippen LogP contribution in [0.15, 0.2) is 5.11 Å². The van der Waals surface area contributed by atoms with Crippen LogP contribution in [0, 0.1) is 0 Å². The molecule has 0 heterocycles. The Hall–Kier alpha value is -0.290. The topological polar surface area (TPSA) is 65.8 Å². The third-order valence-corrected chi connectivity index (χ3v) is 3.06. The second-order valence-electron chi connectivity index (χ2n) is 2.52. The highest BCUT2D eigenvalue weighted by Gasteiger charge is 2.28. The summed E-state index contributed by atoms with van der Waals surface area (Å²) in [4.78, 5) is 13.8. The maximum atomic E-state index is 11.1. The second kappa shape index (κ2) is 3.92. The van der Waals surface area contributed by atoms with Gasteiger partial charge in [0, 0.05) is 15.3 Å². The summed E-state index contributed by atoms with van der Waals surface area (Å²) in [7, 11) is 0. The highest BCUT2D eigenvalue weighted by atomic mass is 127. The SMILES string of the molecule is [N-]=[N+]=N[C@@H]1C(=O)CCC[C@H]1I. The maximum Gasteiger partial charge on any atom is 0.142 e. The van der Waals surface area contributed by atoms with Crippen LogP contribution >= 0.6 is 22.6 Å². The normalized spacial score (nSPS) is 31.2. The minimum Gasteiger partial charge on any atom is -0.299 e. The van der Waals surface area contributed by atoms with Gasteiger partial charge < -0.3 is 0 Å². The molecule has 0 aromatic heterocycles. The fourth-order valence-electron chi connectivity index (χ4n) is 1.17. The Morgan fingerprint density at radius 3 is 3.00 bits per heavy atom. The predicted molar refractivity (Wildman–Crippen MR) is 49.6 cm³/mol. The summed E-state index contributed by atoms with van der Waals surface area (Å²) in [5, 5.41) is 3.47. The van der Waals surface area contributed by atoms with Crippen LogP contribution in [0.4, 0.5) is 0 Å². The molecule has 0 aromatic rings. The molecule has 0 bridgehead atoms. The minimum atomic E-state index is -0.408. The zero-order valence-electron chi connectivity index (χ0n) is 5.90. The molecule has 0 N–H and O–H groups in total. The van der Waals surface area contributed by atoms with Crippen LogP contribution in [0.1, 0.15) is 19.3 Å². The summed E-state index contributed by atoms with van der Waals surface area (Å²) in [6, 6.07) is -0.408. The molecule has 60 valence electrons. The molecule has 5 heteroatoms. The molecule has 4 nitrogen and oxygen atoms in total. The summed E-state index contributed by atoms with van der Waals surface area (Å²) < 4.78 is 0.199. The summed E-state index contributed by atoms with van der Waals surface area (Å²) in [5.41, 5.74) is 8.16. The fraction of sp³-hybridized carbons (Fsp3) is 0.833. The van der Waals surface area contributed by atoms with Crippen molar-refractivity contribution in [3.05, 3.63) is 10.4 Å². The predicted octanol–water partition coefficient (Wildman–Crippen LogP) is 2.22. The third-order valence-electron chi connectivity index (χ3n) is 1.75. The quantitative estimate of drug-likeness (QED) is 0.235. The molecule has 2 atom stereocenters. The number of rotatable bonds is 1. The van der Waals surface area contributed by atoms with E-state index in [2.05, 4.69) is 32.6 Å². The number of nitrogens with zero attached hydrogens (tertiary/aromatic N) is 3. The lowest BCUT2D eigenvalue weighted by Gasteiger charge is -2.21. The van der Waals surface area contributed by atoms with E-state index in [1.54, 1.807) is 0 Å². The molecule has 1 aliphatic carbocycles. The molecule has 0 radical (unpaired) electrons. The molecular weight excluding hydrogens is 257 g/mol. The van der Waals surface area contributed by atoms with E-state index in [4.69, 9.17) is 5.53 Å². The number of Topliss-reactive ketones (excluding diaryl/α,β-unsaturated/α-hetero) is 1. The standard InChI is InChI=1S/C6H8IN3O/c7-4-2-1-3-5(11)6(4)9-10-8/h4,6H,1-3H2/t4-,6+/m1/s1. The van der Waals surface area contributed by atoms with E-state index in [-0.39, 0.29) is 9.71 Å². The van der Waals surface area contributed by atoms with Crippen LogP contribution < -0.4 is 0 Å². The lowest BCUT2D eigenvalue weighted by atomic mass is 9.95. The smallest absolute Gasteiger partial charge is 0.142 e. The lowest BCUT2D eigenvalue weighted by molar-refractivity contribution is -0.121. The van der Waals surface area contributed by atoms with Gasteiger partial charge in [-0.15, -0.1) is 0 Å². The highest BCUT2D eigenvalue weighted by molar-refractivity contribution is 14.1. The van der Waals surface area contributed by atoms with Crippen LogP contribution in [0.3, 0.4) is 0 Å². The van der Waals surface area contributed by atoms with E-state index in [0.717, 1.165) is 12.8 Å². The van der Waals surface area contributed by atoms with E-state index in [9.17, 15) is 4.79 Å². The summed E-state index contributed by atoms with van der Waals surface area (Å²) >= 11 is 2.17. The lowest BCUT2D eigenvalue weighted by Crippen LogP contribution is -2.31. The number of azide groups is 1. The Kier molecular flexibility index (Phi) is 3.14. The van der Waals surface area contributed by atoms with Crippen molar-refractivity contribution in [2.24, 2.45) is 5.11 Å². The zero-order chi connectivity index (χ0) is 8.27. The Balaban J connectivity index is 2.70. The van der Waals surface area contributed by atoms with Crippen LogP contribution in [0.5, 0.6) is 0 Å². The fourth-order valence-corrected chi connectivity index (χ4v) is 2.16. The van der Waals surface area contributed by atoms with Crippen molar-refractivity contribution in [2.75, 3.05) is 0 Å². The number of ketones is 1. The van der Waals surface area contributed by atoms with Gasteiger partial charge in [-0.05, 0) is 18.4 Å². The highest BCUT2D eigenvalue weighted by Crippen LogP contribution is 2.24. The number of carbonyl (C=O) groups excluding carboxylic acids is 1. The van der Waals surface area contributed by atoms with Gasteiger partial charge in [0.1, 0.15) is 11.8 Å². The van der Waals surface area contributed by atoms with Crippen molar-refractivity contribution in [3.8, 4) is 0 Å². The molecule has 1 rings (SSSR count). The van der Waals surface area contributed by atoms with Crippen molar-refractivity contribution in [1.82, 2.24) is 0 Å². The second-order valence-corrected chi connectivity index (χ2v) is 4.12. The van der Waals surface area contributed by atoms with Crippen molar-refractivity contribution in [2.45, 2.75) is 29.2 Å². The van der Waals surface area contributed by atoms with Gasteiger partial charge in [-0.1, -0.05) is 27.7 Å². The van der Waals surface area contributed by atoms with E-state index in [1.807, 2.05) is 0 Å². The average molecular weight is 265 g/mol. The van der Waals surface area contributed by atoms with Gasteiger partial charge in [-0.3, -0.25) is 4.79 Å². The first kappa shape index (κ1) is 8.80. The van der Waals surface area contributed by atoms with Gasteiger partial charge >= 0.3 is 0 Å². The van der Waals surface area contributed by atoms with Gasteiger partial charge in [0.2, 0.25) is 0 Å². The van der Waals surface area contributed by atoms with Gasteiger partial charge in [0.05, 0.1) is 0 Å². The van der Waals surface area contributed by atoms with Gasteiger partial charge in [-0.2, -0.15) is 0 Å². The van der Waals surface area contributed by atoms with E-state index >= 15 is 0 Å². The van der Waals surface area contributed by atoms with E-state index in [1.165, 1.54) is 0 Å². The molecular formula is C6H8IN3O. The number of hydrogen-bond acceptors (Lipinski definition) is 2. The molecule has 1 saturated carbocycles. The van der Waals surface area contributed by atoms with E-state index in [0.29, 0.717) is 6.42 Å². The molecule has 0 amide bonds. The monoisotopic (exact) mass is 265 g/mol. The Bertz CT molecular complexity index is 212. The van der Waals surface area contributed by atoms with Crippen molar-refractivity contribution >= 4 is 28.4 Å². The largest absolute Gasteiger partial charge is 0.299 e. The number of carbonyl (C=O) groups is 1. The van der Waals surface area contributed by atoms with Crippen LogP contribution in [-0.2, 0) is 4.79 Å². The maximum absolute atomic E-state index is 11.1. The minimum absolute atomic E-state index is 0.0912. The van der Waals surface area contributed by atoms with Crippen LogP contribution in [0.2, 0.25) is 0 Å². The Morgan fingerprint density at radius 2 is 2.45 bits per heavy atom. The summed E-state index contributed by atoms with van der Waals surface area (Å²) in [6.07, 6.45) is 2.49.